The first kappa shape index (κ1) is 17.1. The van der Waals surface area contributed by atoms with Gasteiger partial charge in [-0.25, -0.2) is 9.38 Å². The zero-order chi connectivity index (χ0) is 19.4. The second kappa shape index (κ2) is 6.64. The minimum atomic E-state index is 0.0795. The molecule has 0 radical (unpaired) electrons. The predicted octanol–water partition coefficient (Wildman–Crippen LogP) is 3.84. The summed E-state index contributed by atoms with van der Waals surface area (Å²) in [6.07, 6.45) is 6.17. The summed E-state index contributed by atoms with van der Waals surface area (Å²) >= 11 is 3.22. The van der Waals surface area contributed by atoms with E-state index in [0.717, 1.165) is 28.7 Å². The van der Waals surface area contributed by atoms with Crippen molar-refractivity contribution in [2.45, 2.75) is 30.8 Å². The van der Waals surface area contributed by atoms with Crippen molar-refractivity contribution in [3.05, 3.63) is 52.7 Å². The molecule has 6 rings (SSSR count). The monoisotopic (exact) mass is 420 g/mol. The van der Waals surface area contributed by atoms with Gasteiger partial charge in [0.25, 0.3) is 5.78 Å². The van der Waals surface area contributed by atoms with Crippen LogP contribution in [0.5, 0.6) is 0 Å². The number of fused-ring (bicyclic) bond motifs is 8. The van der Waals surface area contributed by atoms with Gasteiger partial charge in [-0.05, 0) is 31.2 Å². The minimum Gasteiger partial charge on any atom is -0.293 e. The van der Waals surface area contributed by atoms with Crippen LogP contribution in [0.3, 0.4) is 0 Å². The number of rotatable bonds is 4. The van der Waals surface area contributed by atoms with Crippen molar-refractivity contribution in [2.24, 2.45) is 0 Å². The lowest BCUT2D eigenvalue weighted by molar-refractivity contribution is 0.102. The van der Waals surface area contributed by atoms with E-state index in [9.17, 15) is 4.79 Å². The highest BCUT2D eigenvalue weighted by atomic mass is 32.2. The fourth-order valence-corrected chi connectivity index (χ4v) is 6.27. The number of thiophene rings is 1. The number of benzene rings is 1. The molecule has 0 amide bonds. The van der Waals surface area contributed by atoms with Gasteiger partial charge in [-0.15, -0.1) is 21.5 Å². The number of carbonyl (C=O) groups excluding carboxylic acids is 1. The van der Waals surface area contributed by atoms with E-state index in [0.29, 0.717) is 22.3 Å². The molecule has 0 saturated carbocycles. The van der Waals surface area contributed by atoms with Crippen LogP contribution in [0.1, 0.15) is 33.6 Å². The van der Waals surface area contributed by atoms with Gasteiger partial charge in [0.1, 0.15) is 11.2 Å². The van der Waals surface area contributed by atoms with Crippen LogP contribution in [0, 0.1) is 0 Å². The third-order valence-corrected chi connectivity index (χ3v) is 7.57. The molecular formula is C20H16N6OS2. The number of aryl methyl sites for hydroxylation is 2. The summed E-state index contributed by atoms with van der Waals surface area (Å²) in [5, 5.41) is 15.0. The number of hydrogen-bond acceptors (Lipinski definition) is 7. The average molecular weight is 421 g/mol. The molecule has 1 aliphatic carbocycles. The van der Waals surface area contributed by atoms with E-state index in [1.165, 1.54) is 35.0 Å². The number of hydrogen-bond donors (Lipinski definition) is 0. The van der Waals surface area contributed by atoms with Crippen molar-refractivity contribution in [2.75, 3.05) is 5.75 Å². The Balaban J connectivity index is 1.50. The van der Waals surface area contributed by atoms with Gasteiger partial charge in [0.2, 0.25) is 0 Å². The Labute approximate surface area is 173 Å². The number of ketones is 1. The maximum atomic E-state index is 12.6. The van der Waals surface area contributed by atoms with E-state index in [1.807, 2.05) is 34.7 Å². The van der Waals surface area contributed by atoms with Crippen LogP contribution in [-0.2, 0) is 12.8 Å². The molecule has 0 unspecified atom stereocenters. The minimum absolute atomic E-state index is 0.0795. The third kappa shape index (κ3) is 2.61. The van der Waals surface area contributed by atoms with Gasteiger partial charge in [0, 0.05) is 10.4 Å². The standard InChI is InChI=1S/C20H16N6OS2/c27-14(12-6-2-1-3-7-12)10-28-20-24-23-19-25(20)18-16(17-21-11-22-26(17)19)13-8-4-5-9-15(13)29-18/h1-3,6-7,11H,4-5,8-10H2. The van der Waals surface area contributed by atoms with Gasteiger partial charge in [-0.2, -0.15) is 9.61 Å². The topological polar surface area (TPSA) is 77.5 Å². The molecule has 5 aromatic rings. The smallest absolute Gasteiger partial charge is 0.260 e. The quantitative estimate of drug-likeness (QED) is 0.325. The third-order valence-electron chi connectivity index (χ3n) is 5.36. The highest BCUT2D eigenvalue weighted by Crippen LogP contribution is 2.39. The maximum Gasteiger partial charge on any atom is 0.260 e. The summed E-state index contributed by atoms with van der Waals surface area (Å²) in [7, 11) is 0. The van der Waals surface area contributed by atoms with E-state index < -0.39 is 0 Å². The number of nitrogens with zero attached hydrogens (tertiary/aromatic N) is 6. The van der Waals surface area contributed by atoms with Crippen molar-refractivity contribution in [1.29, 1.82) is 0 Å². The van der Waals surface area contributed by atoms with E-state index in [4.69, 9.17) is 0 Å². The molecule has 0 N–H and O–H groups in total. The molecule has 7 nitrogen and oxygen atoms in total. The Hall–Kier alpha value is -2.78. The fraction of sp³-hybridized carbons (Fsp3) is 0.250. The Bertz CT molecular complexity index is 1380. The first-order chi connectivity index (χ1) is 14.3. The van der Waals surface area contributed by atoms with Crippen molar-refractivity contribution in [1.82, 2.24) is 29.2 Å². The number of Topliss-reactive ketones (excluding diaryl/α,β-unsaturated/α-hetero) is 1. The summed E-state index contributed by atoms with van der Waals surface area (Å²) in [6.45, 7) is 0. The van der Waals surface area contributed by atoms with Gasteiger partial charge in [-0.3, -0.25) is 4.79 Å². The van der Waals surface area contributed by atoms with Crippen LogP contribution >= 0.6 is 23.1 Å². The predicted molar refractivity (Wildman–Crippen MR) is 113 cm³/mol. The molecule has 1 aliphatic rings. The molecule has 0 fully saturated rings. The molecule has 4 aromatic heterocycles. The first-order valence-electron chi connectivity index (χ1n) is 9.53. The lowest BCUT2D eigenvalue weighted by Crippen LogP contribution is -2.04. The summed E-state index contributed by atoms with van der Waals surface area (Å²) < 4.78 is 3.81. The molecule has 0 aliphatic heterocycles. The van der Waals surface area contributed by atoms with Gasteiger partial charge in [0.15, 0.2) is 16.6 Å². The van der Waals surface area contributed by atoms with Crippen LogP contribution in [0.25, 0.3) is 21.6 Å². The van der Waals surface area contributed by atoms with E-state index in [2.05, 4.69) is 20.3 Å². The van der Waals surface area contributed by atoms with Crippen molar-refractivity contribution < 1.29 is 4.79 Å². The normalized spacial score (nSPS) is 14.1. The Morgan fingerprint density at radius 3 is 2.90 bits per heavy atom. The molecular weight excluding hydrogens is 404 g/mol. The summed E-state index contributed by atoms with van der Waals surface area (Å²) in [5.74, 6) is 1.03. The number of aromatic nitrogens is 6. The van der Waals surface area contributed by atoms with Gasteiger partial charge >= 0.3 is 0 Å². The molecule has 0 saturated heterocycles. The molecule has 0 spiro atoms. The number of thioether (sulfide) groups is 1. The maximum absolute atomic E-state index is 12.6. The largest absolute Gasteiger partial charge is 0.293 e. The van der Waals surface area contributed by atoms with Gasteiger partial charge in [-0.1, -0.05) is 42.1 Å². The number of carbonyl (C=O) groups is 1. The lowest BCUT2D eigenvalue weighted by atomic mass is 9.97. The van der Waals surface area contributed by atoms with Gasteiger partial charge in [0.05, 0.1) is 11.1 Å². The van der Waals surface area contributed by atoms with Crippen molar-refractivity contribution >= 4 is 50.5 Å². The van der Waals surface area contributed by atoms with Crippen molar-refractivity contribution in [3.63, 3.8) is 0 Å². The highest BCUT2D eigenvalue weighted by Gasteiger charge is 2.24. The molecule has 29 heavy (non-hydrogen) atoms. The van der Waals surface area contributed by atoms with Crippen LogP contribution < -0.4 is 0 Å². The lowest BCUT2D eigenvalue weighted by Gasteiger charge is -2.10. The van der Waals surface area contributed by atoms with E-state index in [1.54, 1.807) is 22.2 Å². The van der Waals surface area contributed by atoms with Crippen LogP contribution in [0.2, 0.25) is 0 Å². The van der Waals surface area contributed by atoms with Crippen LogP contribution in [-0.4, -0.2) is 40.7 Å². The average Bonchev–Trinajstić information content (AvgIpc) is 3.48. The zero-order valence-corrected chi connectivity index (χ0v) is 17.0. The molecule has 1 aromatic carbocycles. The fourth-order valence-electron chi connectivity index (χ4n) is 4.01. The van der Waals surface area contributed by atoms with E-state index >= 15 is 0 Å². The molecule has 4 heterocycles. The van der Waals surface area contributed by atoms with Crippen molar-refractivity contribution in [3.8, 4) is 0 Å². The molecule has 0 bridgehead atoms. The zero-order valence-electron chi connectivity index (χ0n) is 15.4. The second-order valence-corrected chi connectivity index (χ2v) is 9.11. The Morgan fingerprint density at radius 1 is 1.14 bits per heavy atom. The van der Waals surface area contributed by atoms with Crippen LogP contribution in [0.15, 0.2) is 41.8 Å². The Morgan fingerprint density at radius 2 is 2.00 bits per heavy atom. The molecule has 144 valence electrons. The molecule has 0 atom stereocenters. The van der Waals surface area contributed by atoms with Gasteiger partial charge < -0.3 is 0 Å². The summed E-state index contributed by atoms with van der Waals surface area (Å²) in [5.41, 5.74) is 2.95. The highest BCUT2D eigenvalue weighted by molar-refractivity contribution is 7.99. The summed E-state index contributed by atoms with van der Waals surface area (Å²) in [4.78, 5) is 19.6. The summed E-state index contributed by atoms with van der Waals surface area (Å²) in [6, 6.07) is 9.36. The van der Waals surface area contributed by atoms with Crippen LogP contribution in [0.4, 0.5) is 0 Å². The van der Waals surface area contributed by atoms with E-state index in [-0.39, 0.29) is 5.78 Å². The second-order valence-electron chi connectivity index (χ2n) is 7.08. The first-order valence-corrected chi connectivity index (χ1v) is 11.3. The Kier molecular flexibility index (Phi) is 3.91. The SMILES string of the molecule is O=C(CSc1nnc2n3ncnc3c3c4c(sc3n12)CCCC4)c1ccccc1. The molecule has 9 heteroatoms.